The minimum absolute atomic E-state index is 0. The molecule has 0 aromatic carbocycles. The zero-order valence-corrected chi connectivity index (χ0v) is 10.1. The van der Waals surface area contributed by atoms with Gasteiger partial charge in [-0.05, 0) is 31.6 Å². The molecule has 13 heavy (non-hydrogen) atoms. The van der Waals surface area contributed by atoms with Crippen LogP contribution in [0.2, 0.25) is 0 Å². The molecule has 4 nitrogen and oxygen atoms in total. The van der Waals surface area contributed by atoms with E-state index in [0.717, 1.165) is 12.8 Å². The van der Waals surface area contributed by atoms with E-state index in [9.17, 15) is 14.4 Å². The van der Waals surface area contributed by atoms with Crippen LogP contribution in [0.3, 0.4) is 0 Å². The molecule has 0 spiro atoms. The molecule has 6 heteroatoms. The van der Waals surface area contributed by atoms with E-state index in [0.29, 0.717) is 18.8 Å². The minimum atomic E-state index is -4.75. The van der Waals surface area contributed by atoms with Crippen molar-refractivity contribution in [3.8, 4) is 0 Å². The van der Waals surface area contributed by atoms with Crippen molar-refractivity contribution in [2.75, 3.05) is 0 Å². The van der Waals surface area contributed by atoms with Crippen LogP contribution in [-0.4, -0.2) is 29.2 Å². The molecule has 0 bridgehead atoms. The van der Waals surface area contributed by atoms with Gasteiger partial charge in [-0.15, -0.1) is 0 Å². The second kappa shape index (κ2) is 5.68. The zero-order valence-electron chi connectivity index (χ0n) is 7.77. The number of phosphoric acid groups is 1. The third-order valence-electron chi connectivity index (χ3n) is 2.24. The van der Waals surface area contributed by atoms with Gasteiger partial charge in [0.2, 0.25) is 0 Å². The fourth-order valence-corrected chi connectivity index (χ4v) is 2.09. The molecule has 1 aliphatic rings. The second-order valence-corrected chi connectivity index (χ2v) is 4.54. The van der Waals surface area contributed by atoms with Gasteiger partial charge >= 0.3 is 23.1 Å². The zero-order chi connectivity index (χ0) is 9.19. The predicted molar refractivity (Wildman–Crippen MR) is 45.9 cm³/mol. The first-order valence-electron chi connectivity index (χ1n) is 4.18. The molecule has 0 radical (unpaired) electrons. The van der Waals surface area contributed by atoms with Crippen LogP contribution in [0.5, 0.6) is 0 Å². The molecule has 1 fully saturated rings. The molecule has 0 aromatic rings. The van der Waals surface area contributed by atoms with Crippen LogP contribution >= 0.6 is 7.82 Å². The minimum Gasteiger partial charge on any atom is -0.790 e. The summed E-state index contributed by atoms with van der Waals surface area (Å²) in [4.78, 5) is 20.5. The average molecular weight is 216 g/mol. The first-order chi connectivity index (χ1) is 5.47. The number of hydrogen-bond acceptors (Lipinski definition) is 4. The van der Waals surface area contributed by atoms with Crippen molar-refractivity contribution in [2.45, 2.75) is 38.7 Å². The van der Waals surface area contributed by atoms with Crippen LogP contribution in [0.4, 0.5) is 0 Å². The predicted octanol–water partition coefficient (Wildman–Crippen LogP) is 0.0296. The van der Waals surface area contributed by atoms with Crippen LogP contribution < -0.4 is 9.79 Å². The molecule has 0 saturated heterocycles. The Hall–Kier alpha value is 0.876. The van der Waals surface area contributed by atoms with E-state index in [2.05, 4.69) is 11.4 Å². The Bertz CT molecular complexity index is 185. The fourth-order valence-electron chi connectivity index (χ4n) is 1.52. The maximum atomic E-state index is 10.2. The summed E-state index contributed by atoms with van der Waals surface area (Å²) in [5.41, 5.74) is 0. The van der Waals surface area contributed by atoms with Crippen molar-refractivity contribution < 1.29 is 18.9 Å². The summed E-state index contributed by atoms with van der Waals surface area (Å²) in [7, 11) is -4.75. The first-order valence-corrected chi connectivity index (χ1v) is 5.64. The molecular formula is C7H13MgO4P. The van der Waals surface area contributed by atoms with Crippen molar-refractivity contribution in [1.82, 2.24) is 0 Å². The SMILES string of the molecule is CC1CCC(OP(=O)([O-])[O-])CC1.[Mg+2]. The molecule has 0 aliphatic heterocycles. The van der Waals surface area contributed by atoms with E-state index in [4.69, 9.17) is 0 Å². The largest absolute Gasteiger partial charge is 2.00 e. The van der Waals surface area contributed by atoms with Gasteiger partial charge in [-0.1, -0.05) is 6.92 Å². The van der Waals surface area contributed by atoms with Crippen LogP contribution in [0.1, 0.15) is 32.6 Å². The summed E-state index contributed by atoms with van der Waals surface area (Å²) in [6.45, 7) is 2.12. The summed E-state index contributed by atoms with van der Waals surface area (Å²) in [5, 5.41) is 0. The van der Waals surface area contributed by atoms with Crippen LogP contribution in [0.25, 0.3) is 0 Å². The summed E-state index contributed by atoms with van der Waals surface area (Å²) in [6, 6.07) is 0. The maximum Gasteiger partial charge on any atom is 2.00 e. The summed E-state index contributed by atoms with van der Waals surface area (Å²) < 4.78 is 14.6. The maximum absolute atomic E-state index is 10.2. The Balaban J connectivity index is 0.00000144. The van der Waals surface area contributed by atoms with Gasteiger partial charge in [-0.2, -0.15) is 0 Å². The molecule has 0 aromatic heterocycles. The summed E-state index contributed by atoms with van der Waals surface area (Å²) in [6.07, 6.45) is 2.92. The molecule has 0 atom stereocenters. The average Bonchev–Trinajstić information content (AvgIpc) is 1.91. The Morgan fingerprint density at radius 3 is 2.08 bits per heavy atom. The van der Waals surface area contributed by atoms with Crippen molar-refractivity contribution >= 4 is 30.9 Å². The third-order valence-corrected chi connectivity index (χ3v) is 2.80. The Kier molecular flexibility index (Phi) is 6.07. The van der Waals surface area contributed by atoms with E-state index in [-0.39, 0.29) is 29.2 Å². The van der Waals surface area contributed by atoms with Crippen molar-refractivity contribution in [1.29, 1.82) is 0 Å². The monoisotopic (exact) mass is 216 g/mol. The Morgan fingerprint density at radius 2 is 1.69 bits per heavy atom. The van der Waals surface area contributed by atoms with Crippen molar-refractivity contribution in [2.24, 2.45) is 5.92 Å². The van der Waals surface area contributed by atoms with Crippen LogP contribution in [0, 0.1) is 5.92 Å². The summed E-state index contributed by atoms with van der Waals surface area (Å²) in [5.74, 6) is 0.627. The molecule has 72 valence electrons. The second-order valence-electron chi connectivity index (χ2n) is 3.43. The van der Waals surface area contributed by atoms with E-state index >= 15 is 0 Å². The number of rotatable bonds is 2. The van der Waals surface area contributed by atoms with Gasteiger partial charge in [0.1, 0.15) is 0 Å². The van der Waals surface area contributed by atoms with Crippen LogP contribution in [0.15, 0.2) is 0 Å². The molecule has 0 unspecified atom stereocenters. The quantitative estimate of drug-likeness (QED) is 0.482. The normalized spacial score (nSPS) is 29.5. The Labute approximate surface area is 94.4 Å². The van der Waals surface area contributed by atoms with Gasteiger partial charge in [0.15, 0.2) is 0 Å². The standard InChI is InChI=1S/C7H15O4P.Mg/c1-6-2-4-7(5-3-6)11-12(8,9)10;/h6-7H,2-5H2,1H3,(H2,8,9,10);/q;+2/p-2. The first kappa shape index (κ1) is 13.9. The molecule has 1 saturated carbocycles. The van der Waals surface area contributed by atoms with Gasteiger partial charge in [0, 0.05) is 0 Å². The van der Waals surface area contributed by atoms with Gasteiger partial charge in [0.25, 0.3) is 0 Å². The number of phosphoric ester groups is 1. The van der Waals surface area contributed by atoms with E-state index < -0.39 is 7.82 Å². The van der Waals surface area contributed by atoms with Crippen molar-refractivity contribution in [3.05, 3.63) is 0 Å². The third kappa shape index (κ3) is 6.04. The van der Waals surface area contributed by atoms with E-state index in [1.54, 1.807) is 0 Å². The van der Waals surface area contributed by atoms with E-state index in [1.807, 2.05) is 0 Å². The van der Waals surface area contributed by atoms with Gasteiger partial charge in [-0.3, -0.25) is 0 Å². The molecular weight excluding hydrogens is 203 g/mol. The van der Waals surface area contributed by atoms with Crippen LogP contribution in [-0.2, 0) is 9.09 Å². The molecule has 0 N–H and O–H groups in total. The Morgan fingerprint density at radius 1 is 1.23 bits per heavy atom. The smallest absolute Gasteiger partial charge is 0.790 e. The molecule has 0 heterocycles. The topological polar surface area (TPSA) is 72.4 Å². The van der Waals surface area contributed by atoms with Gasteiger partial charge in [-0.25, -0.2) is 0 Å². The molecule has 1 aliphatic carbocycles. The van der Waals surface area contributed by atoms with E-state index in [1.165, 1.54) is 0 Å². The number of hydrogen-bond donors (Lipinski definition) is 0. The van der Waals surface area contributed by atoms with Gasteiger partial charge in [0.05, 0.1) is 13.9 Å². The molecule has 1 rings (SSSR count). The fraction of sp³-hybridized carbons (Fsp3) is 1.00. The molecule has 0 amide bonds. The summed E-state index contributed by atoms with van der Waals surface area (Å²) >= 11 is 0. The van der Waals surface area contributed by atoms with Gasteiger partial charge < -0.3 is 18.9 Å². The van der Waals surface area contributed by atoms with Crippen molar-refractivity contribution in [3.63, 3.8) is 0 Å².